The number of carbonyl (C=O) groups is 3. The lowest BCUT2D eigenvalue weighted by molar-refractivity contribution is -0.116. The SMILES string of the molecule is COc1ccc(NC(=O)CN(C)S(=O)(=O)c2ccc3c(c2)C(=O)NCC(=O)N3)cc1. The van der Waals surface area contributed by atoms with Crippen molar-refractivity contribution < 1.29 is 27.5 Å². The molecule has 0 saturated heterocycles. The first-order valence-corrected chi connectivity index (χ1v) is 10.3. The van der Waals surface area contributed by atoms with Crippen LogP contribution in [-0.4, -0.2) is 57.7 Å². The van der Waals surface area contributed by atoms with E-state index in [0.29, 0.717) is 11.4 Å². The zero-order valence-corrected chi connectivity index (χ0v) is 17.1. The van der Waals surface area contributed by atoms with Crippen LogP contribution in [0.4, 0.5) is 11.4 Å². The molecule has 0 aromatic heterocycles. The number of nitrogens with one attached hydrogen (secondary N) is 3. The molecular formula is C19H20N4O6S. The van der Waals surface area contributed by atoms with Crippen LogP contribution in [0.15, 0.2) is 47.4 Å². The summed E-state index contributed by atoms with van der Waals surface area (Å²) in [6.07, 6.45) is 0. The van der Waals surface area contributed by atoms with Gasteiger partial charge in [-0.15, -0.1) is 0 Å². The van der Waals surface area contributed by atoms with E-state index in [9.17, 15) is 22.8 Å². The second-order valence-electron chi connectivity index (χ2n) is 6.48. The number of nitrogens with zero attached hydrogens (tertiary/aromatic N) is 1. The van der Waals surface area contributed by atoms with Gasteiger partial charge in [-0.05, 0) is 42.5 Å². The molecule has 0 unspecified atom stereocenters. The Bertz CT molecular complexity index is 1100. The third-order valence-electron chi connectivity index (χ3n) is 4.37. The van der Waals surface area contributed by atoms with Crippen molar-refractivity contribution in [3.63, 3.8) is 0 Å². The van der Waals surface area contributed by atoms with Crippen molar-refractivity contribution in [1.29, 1.82) is 0 Å². The monoisotopic (exact) mass is 432 g/mol. The molecule has 0 aliphatic carbocycles. The largest absolute Gasteiger partial charge is 0.497 e. The van der Waals surface area contributed by atoms with Gasteiger partial charge in [0.25, 0.3) is 5.91 Å². The van der Waals surface area contributed by atoms with E-state index in [1.807, 2.05) is 0 Å². The second-order valence-corrected chi connectivity index (χ2v) is 8.52. The molecule has 3 amide bonds. The summed E-state index contributed by atoms with van der Waals surface area (Å²) in [5.74, 6) is -0.896. The Labute approximate surface area is 173 Å². The van der Waals surface area contributed by atoms with E-state index >= 15 is 0 Å². The van der Waals surface area contributed by atoms with Gasteiger partial charge in [0.05, 0.1) is 36.3 Å². The Morgan fingerprint density at radius 2 is 1.87 bits per heavy atom. The molecule has 2 aromatic rings. The van der Waals surface area contributed by atoms with Gasteiger partial charge in [0.1, 0.15) is 5.75 Å². The Morgan fingerprint density at radius 1 is 1.17 bits per heavy atom. The van der Waals surface area contributed by atoms with Gasteiger partial charge in [-0.25, -0.2) is 8.42 Å². The first-order valence-electron chi connectivity index (χ1n) is 8.83. The van der Waals surface area contributed by atoms with Crippen molar-refractivity contribution in [2.75, 3.05) is 37.9 Å². The number of benzene rings is 2. The average molecular weight is 432 g/mol. The standard InChI is InChI=1S/C19H20N4O6S/c1-23(11-18(25)21-12-3-5-13(29-2)6-4-12)30(27,28)14-7-8-16-15(9-14)19(26)20-10-17(24)22-16/h3-9H,10-11H2,1-2H3,(H,20,26)(H,21,25)(H,22,24). The summed E-state index contributed by atoms with van der Waals surface area (Å²) < 4.78 is 31.6. The number of amides is 3. The molecule has 0 fully saturated rings. The van der Waals surface area contributed by atoms with Gasteiger partial charge in [0.15, 0.2) is 0 Å². The highest BCUT2D eigenvalue weighted by molar-refractivity contribution is 7.89. The third-order valence-corrected chi connectivity index (χ3v) is 6.17. The molecule has 11 heteroatoms. The molecule has 0 radical (unpaired) electrons. The highest BCUT2D eigenvalue weighted by atomic mass is 32.2. The summed E-state index contributed by atoms with van der Waals surface area (Å²) in [5, 5.41) is 7.52. The van der Waals surface area contributed by atoms with E-state index in [1.54, 1.807) is 24.3 Å². The molecule has 158 valence electrons. The minimum absolute atomic E-state index is 0.0259. The summed E-state index contributed by atoms with van der Waals surface area (Å²) in [4.78, 5) is 35.8. The van der Waals surface area contributed by atoms with Crippen molar-refractivity contribution in [3.8, 4) is 5.75 Å². The molecule has 2 aromatic carbocycles. The van der Waals surface area contributed by atoms with Crippen LogP contribution >= 0.6 is 0 Å². The Balaban J connectivity index is 1.75. The number of rotatable bonds is 6. The van der Waals surface area contributed by atoms with Gasteiger partial charge in [-0.1, -0.05) is 0 Å². The maximum Gasteiger partial charge on any atom is 0.253 e. The van der Waals surface area contributed by atoms with Crippen molar-refractivity contribution in [3.05, 3.63) is 48.0 Å². The molecular weight excluding hydrogens is 412 g/mol. The maximum atomic E-state index is 12.9. The molecule has 3 N–H and O–H groups in total. The number of hydrogen-bond acceptors (Lipinski definition) is 6. The maximum absolute atomic E-state index is 12.9. The zero-order valence-electron chi connectivity index (χ0n) is 16.3. The van der Waals surface area contributed by atoms with Crippen LogP contribution in [-0.2, 0) is 19.6 Å². The number of likely N-dealkylation sites (N-methyl/N-ethyl adjacent to an activating group) is 1. The Hall–Kier alpha value is -3.44. The van der Waals surface area contributed by atoms with Crippen LogP contribution in [0, 0.1) is 0 Å². The zero-order chi connectivity index (χ0) is 21.9. The lowest BCUT2D eigenvalue weighted by Crippen LogP contribution is -2.35. The first kappa shape index (κ1) is 21.3. The fraction of sp³-hybridized carbons (Fsp3) is 0.211. The number of carbonyl (C=O) groups excluding carboxylic acids is 3. The van der Waals surface area contributed by atoms with Crippen LogP contribution in [0.3, 0.4) is 0 Å². The van der Waals surface area contributed by atoms with Crippen molar-refractivity contribution in [1.82, 2.24) is 9.62 Å². The normalized spacial score (nSPS) is 13.7. The van der Waals surface area contributed by atoms with Gasteiger partial charge in [0.2, 0.25) is 21.8 Å². The lowest BCUT2D eigenvalue weighted by atomic mass is 10.1. The molecule has 1 aliphatic heterocycles. The van der Waals surface area contributed by atoms with Crippen LogP contribution in [0.2, 0.25) is 0 Å². The predicted octanol–water partition coefficient (Wildman–Crippen LogP) is 0.636. The summed E-state index contributed by atoms with van der Waals surface area (Å²) in [6.45, 7) is -0.643. The third kappa shape index (κ3) is 4.58. The second kappa shape index (κ2) is 8.51. The number of sulfonamides is 1. The van der Waals surface area contributed by atoms with Crippen LogP contribution in [0.1, 0.15) is 10.4 Å². The van der Waals surface area contributed by atoms with Crippen LogP contribution in [0.25, 0.3) is 0 Å². The smallest absolute Gasteiger partial charge is 0.253 e. The molecule has 1 heterocycles. The van der Waals surface area contributed by atoms with Gasteiger partial charge in [-0.2, -0.15) is 4.31 Å². The van der Waals surface area contributed by atoms with Crippen LogP contribution < -0.4 is 20.7 Å². The topological polar surface area (TPSA) is 134 Å². The highest BCUT2D eigenvalue weighted by Gasteiger charge is 2.26. The van der Waals surface area contributed by atoms with E-state index < -0.39 is 34.3 Å². The Kier molecular flexibility index (Phi) is 6.04. The van der Waals surface area contributed by atoms with Gasteiger partial charge >= 0.3 is 0 Å². The molecule has 0 saturated carbocycles. The van der Waals surface area contributed by atoms with Crippen molar-refractivity contribution >= 4 is 39.1 Å². The van der Waals surface area contributed by atoms with E-state index in [2.05, 4.69) is 16.0 Å². The van der Waals surface area contributed by atoms with Gasteiger partial charge in [0, 0.05) is 12.7 Å². The summed E-state index contributed by atoms with van der Waals surface area (Å²) >= 11 is 0. The first-order chi connectivity index (χ1) is 14.2. The molecule has 0 atom stereocenters. The summed E-state index contributed by atoms with van der Waals surface area (Å²) in [5.41, 5.74) is 0.732. The number of hydrogen-bond donors (Lipinski definition) is 3. The van der Waals surface area contributed by atoms with E-state index in [0.717, 1.165) is 4.31 Å². The van der Waals surface area contributed by atoms with Gasteiger partial charge < -0.3 is 20.7 Å². The summed E-state index contributed by atoms with van der Waals surface area (Å²) in [7, 11) is -1.28. The molecule has 1 aliphatic rings. The fourth-order valence-corrected chi connectivity index (χ4v) is 3.93. The Morgan fingerprint density at radius 3 is 2.53 bits per heavy atom. The predicted molar refractivity (Wildman–Crippen MR) is 109 cm³/mol. The quantitative estimate of drug-likeness (QED) is 0.613. The highest BCUT2D eigenvalue weighted by Crippen LogP contribution is 2.24. The van der Waals surface area contributed by atoms with Crippen molar-refractivity contribution in [2.45, 2.75) is 4.90 Å². The number of methoxy groups -OCH3 is 1. The molecule has 30 heavy (non-hydrogen) atoms. The number of ether oxygens (including phenoxy) is 1. The fourth-order valence-electron chi connectivity index (χ4n) is 2.77. The molecule has 0 bridgehead atoms. The summed E-state index contributed by atoms with van der Waals surface area (Å²) in [6, 6.07) is 10.4. The van der Waals surface area contributed by atoms with Gasteiger partial charge in [-0.3, -0.25) is 14.4 Å². The van der Waals surface area contributed by atoms with Crippen molar-refractivity contribution in [2.24, 2.45) is 0 Å². The number of anilines is 2. The molecule has 3 rings (SSSR count). The molecule has 10 nitrogen and oxygen atoms in total. The van der Waals surface area contributed by atoms with E-state index in [1.165, 1.54) is 32.4 Å². The minimum Gasteiger partial charge on any atom is -0.497 e. The number of fused-ring (bicyclic) bond motifs is 1. The lowest BCUT2D eigenvalue weighted by Gasteiger charge is -2.18. The average Bonchev–Trinajstić information content (AvgIpc) is 2.86. The van der Waals surface area contributed by atoms with Crippen LogP contribution in [0.5, 0.6) is 5.75 Å². The minimum atomic E-state index is -4.06. The van der Waals surface area contributed by atoms with E-state index in [4.69, 9.17) is 4.74 Å². The molecule has 0 spiro atoms. The van der Waals surface area contributed by atoms with E-state index in [-0.39, 0.29) is 22.7 Å².